The second-order valence-electron chi connectivity index (χ2n) is 4.80. The molecule has 0 bridgehead atoms. The molecule has 1 aliphatic rings. The Hall–Kier alpha value is -2.63. The van der Waals surface area contributed by atoms with Gasteiger partial charge in [-0.2, -0.15) is 0 Å². The average molecular weight is 269 g/mol. The van der Waals surface area contributed by atoms with Crippen LogP contribution in [-0.4, -0.2) is 27.1 Å². The summed E-state index contributed by atoms with van der Waals surface area (Å²) >= 11 is 0. The number of oxime groups is 1. The molecule has 0 saturated carbocycles. The lowest BCUT2D eigenvalue weighted by molar-refractivity contribution is 0.318. The van der Waals surface area contributed by atoms with Crippen LogP contribution in [-0.2, 0) is 6.42 Å². The first-order valence-corrected chi connectivity index (χ1v) is 6.38. The van der Waals surface area contributed by atoms with Crippen molar-refractivity contribution in [3.63, 3.8) is 0 Å². The lowest BCUT2D eigenvalue weighted by Gasteiger charge is -2.23. The van der Waals surface area contributed by atoms with E-state index in [2.05, 4.69) is 39.1 Å². The van der Waals surface area contributed by atoms with E-state index in [9.17, 15) is 0 Å². The normalized spacial score (nSPS) is 18.1. The summed E-state index contributed by atoms with van der Waals surface area (Å²) in [5.74, 6) is 0.718. The first kappa shape index (κ1) is 12.4. The van der Waals surface area contributed by atoms with Crippen molar-refractivity contribution in [3.8, 4) is 0 Å². The Morgan fingerprint density at radius 2 is 2.15 bits per heavy atom. The number of aromatic nitrogens is 2. The Labute approximate surface area is 116 Å². The quantitative estimate of drug-likeness (QED) is 0.374. The molecule has 0 amide bonds. The van der Waals surface area contributed by atoms with Gasteiger partial charge in [0.1, 0.15) is 5.69 Å². The molecule has 1 aromatic heterocycles. The van der Waals surface area contributed by atoms with E-state index in [1.54, 1.807) is 6.20 Å². The summed E-state index contributed by atoms with van der Waals surface area (Å²) in [4.78, 5) is 10.7. The molecule has 2 heterocycles. The highest BCUT2D eigenvalue weighted by atomic mass is 16.4. The van der Waals surface area contributed by atoms with Crippen LogP contribution in [0.5, 0.6) is 0 Å². The third-order valence-corrected chi connectivity index (χ3v) is 3.46. The molecule has 3 N–H and O–H groups in total. The molecule has 0 radical (unpaired) electrons. The molecule has 3 rings (SSSR count). The maximum Gasteiger partial charge on any atom is 0.190 e. The molecular weight excluding hydrogens is 254 g/mol. The number of hydrogen-bond acceptors (Lipinski definition) is 5. The third-order valence-electron chi connectivity index (χ3n) is 3.46. The molecule has 0 saturated heterocycles. The largest absolute Gasteiger partial charge is 0.409 e. The second kappa shape index (κ2) is 4.80. The van der Waals surface area contributed by atoms with Crippen LogP contribution in [0.2, 0.25) is 0 Å². The van der Waals surface area contributed by atoms with Gasteiger partial charge in [0.05, 0.1) is 12.4 Å². The molecule has 20 heavy (non-hydrogen) atoms. The highest BCUT2D eigenvalue weighted by Crippen LogP contribution is 2.36. The van der Waals surface area contributed by atoms with Crippen molar-refractivity contribution >= 4 is 17.3 Å². The minimum Gasteiger partial charge on any atom is -0.409 e. The van der Waals surface area contributed by atoms with Crippen LogP contribution in [0.3, 0.4) is 0 Å². The zero-order chi connectivity index (χ0) is 14.1. The number of nitrogens with two attached hydrogens (primary N) is 1. The maximum absolute atomic E-state index is 8.63. The Morgan fingerprint density at radius 3 is 2.85 bits per heavy atom. The van der Waals surface area contributed by atoms with Gasteiger partial charge in [-0.05, 0) is 25.0 Å². The molecule has 1 aliphatic heterocycles. The molecule has 2 aromatic rings. The van der Waals surface area contributed by atoms with E-state index in [0.29, 0.717) is 11.7 Å². The van der Waals surface area contributed by atoms with E-state index >= 15 is 0 Å². The second-order valence-corrected chi connectivity index (χ2v) is 4.80. The van der Waals surface area contributed by atoms with Crippen LogP contribution in [0, 0.1) is 0 Å². The zero-order valence-electron chi connectivity index (χ0n) is 11.1. The van der Waals surface area contributed by atoms with Crippen LogP contribution in [0.1, 0.15) is 18.2 Å². The summed E-state index contributed by atoms with van der Waals surface area (Å²) in [5.41, 5.74) is 8.31. The van der Waals surface area contributed by atoms with Crippen LogP contribution in [0.15, 0.2) is 41.8 Å². The maximum atomic E-state index is 8.63. The van der Waals surface area contributed by atoms with Crippen molar-refractivity contribution in [2.45, 2.75) is 19.4 Å². The first-order valence-electron chi connectivity index (χ1n) is 6.38. The Balaban J connectivity index is 1.97. The van der Waals surface area contributed by atoms with Gasteiger partial charge in [-0.15, -0.1) is 0 Å². The van der Waals surface area contributed by atoms with Crippen LogP contribution in [0.4, 0.5) is 11.5 Å². The van der Waals surface area contributed by atoms with Crippen molar-refractivity contribution < 1.29 is 5.21 Å². The molecule has 1 atom stereocenters. The van der Waals surface area contributed by atoms with E-state index < -0.39 is 0 Å². The van der Waals surface area contributed by atoms with Crippen molar-refractivity contribution in [2.24, 2.45) is 10.9 Å². The lowest BCUT2D eigenvalue weighted by atomic mass is 10.1. The predicted octanol–water partition coefficient (Wildman–Crippen LogP) is 1.65. The number of amidine groups is 1. The highest BCUT2D eigenvalue weighted by Gasteiger charge is 2.27. The highest BCUT2D eigenvalue weighted by molar-refractivity contribution is 5.94. The van der Waals surface area contributed by atoms with Crippen molar-refractivity contribution in [3.05, 3.63) is 47.9 Å². The summed E-state index contributed by atoms with van der Waals surface area (Å²) in [5, 5.41) is 11.5. The van der Waals surface area contributed by atoms with E-state index in [0.717, 1.165) is 17.9 Å². The van der Waals surface area contributed by atoms with Crippen molar-refractivity contribution in [1.82, 2.24) is 9.97 Å². The number of benzene rings is 1. The monoisotopic (exact) mass is 269 g/mol. The molecule has 6 nitrogen and oxygen atoms in total. The van der Waals surface area contributed by atoms with Gasteiger partial charge in [0.25, 0.3) is 0 Å². The summed E-state index contributed by atoms with van der Waals surface area (Å²) in [6.45, 7) is 2.15. The Morgan fingerprint density at radius 1 is 1.35 bits per heavy atom. The van der Waals surface area contributed by atoms with Gasteiger partial charge in [-0.3, -0.25) is 0 Å². The van der Waals surface area contributed by atoms with Crippen LogP contribution < -0.4 is 10.6 Å². The minimum absolute atomic E-state index is 0.0427. The topological polar surface area (TPSA) is 87.6 Å². The van der Waals surface area contributed by atoms with Crippen molar-refractivity contribution in [1.29, 1.82) is 0 Å². The SMILES string of the molecule is CC1Cc2ccccc2N1c1cnc(C(N)=NO)cn1. The number of nitrogens with zero attached hydrogens (tertiary/aromatic N) is 4. The van der Waals surface area contributed by atoms with E-state index in [1.807, 2.05) is 12.1 Å². The third kappa shape index (κ3) is 1.95. The van der Waals surface area contributed by atoms with Gasteiger partial charge in [0.15, 0.2) is 11.7 Å². The minimum atomic E-state index is -0.0427. The average Bonchev–Trinajstić information content (AvgIpc) is 2.82. The molecule has 1 unspecified atom stereocenters. The zero-order valence-corrected chi connectivity index (χ0v) is 11.1. The number of rotatable bonds is 2. The summed E-state index contributed by atoms with van der Waals surface area (Å²) in [6, 6.07) is 8.60. The number of para-hydroxylation sites is 1. The van der Waals surface area contributed by atoms with Gasteiger partial charge in [0, 0.05) is 11.7 Å². The molecule has 0 aliphatic carbocycles. The van der Waals surface area contributed by atoms with E-state index in [4.69, 9.17) is 10.9 Å². The number of hydrogen-bond donors (Lipinski definition) is 2. The van der Waals surface area contributed by atoms with Gasteiger partial charge in [-0.1, -0.05) is 23.4 Å². The molecule has 0 spiro atoms. The Bertz CT molecular complexity index is 653. The van der Waals surface area contributed by atoms with Crippen LogP contribution in [0.25, 0.3) is 0 Å². The summed E-state index contributed by atoms with van der Waals surface area (Å²) < 4.78 is 0. The molecule has 1 aromatic carbocycles. The molecular formula is C14H15N5O. The van der Waals surface area contributed by atoms with Gasteiger partial charge >= 0.3 is 0 Å². The fourth-order valence-corrected chi connectivity index (χ4v) is 2.54. The van der Waals surface area contributed by atoms with Gasteiger partial charge in [0.2, 0.25) is 0 Å². The Kier molecular flexibility index (Phi) is 2.98. The number of fused-ring (bicyclic) bond motifs is 1. The summed E-state index contributed by atoms with van der Waals surface area (Å²) in [7, 11) is 0. The first-order chi connectivity index (χ1) is 9.70. The van der Waals surface area contributed by atoms with Crippen molar-refractivity contribution in [2.75, 3.05) is 4.90 Å². The predicted molar refractivity (Wildman–Crippen MR) is 76.3 cm³/mol. The van der Waals surface area contributed by atoms with Gasteiger partial charge in [-0.25, -0.2) is 9.97 Å². The lowest BCUT2D eigenvalue weighted by Crippen LogP contribution is -2.25. The summed E-state index contributed by atoms with van der Waals surface area (Å²) in [6.07, 6.45) is 4.14. The molecule has 6 heteroatoms. The van der Waals surface area contributed by atoms with Crippen LogP contribution >= 0.6 is 0 Å². The standard InChI is InChI=1S/C14H15N5O/c1-9-6-10-4-2-3-5-12(10)19(9)13-8-16-11(7-17-13)14(15)18-20/h2-5,7-9,20H,6H2,1H3,(H2,15,18). The smallest absolute Gasteiger partial charge is 0.190 e. The fourth-order valence-electron chi connectivity index (χ4n) is 2.54. The molecule has 0 fully saturated rings. The van der Waals surface area contributed by atoms with E-state index in [-0.39, 0.29) is 5.84 Å². The number of anilines is 2. The fraction of sp³-hybridized carbons (Fsp3) is 0.214. The van der Waals surface area contributed by atoms with E-state index in [1.165, 1.54) is 11.8 Å². The van der Waals surface area contributed by atoms with Gasteiger partial charge < -0.3 is 15.8 Å². The molecule has 102 valence electrons.